The summed E-state index contributed by atoms with van der Waals surface area (Å²) < 4.78 is 5.17. The number of nitrogens with zero attached hydrogens (tertiary/aromatic N) is 1. The molecule has 2 nitrogen and oxygen atoms in total. The number of methoxy groups -OCH3 is 1. The minimum Gasteiger partial charge on any atom is -0.497 e. The molecule has 0 saturated carbocycles. The fraction of sp³-hybridized carbons (Fsp3) is 0.200. The molecule has 0 radical (unpaired) electrons. The monoisotopic (exact) mass is 259 g/mol. The quantitative estimate of drug-likeness (QED) is 0.775. The van der Waals surface area contributed by atoms with Gasteiger partial charge < -0.3 is 9.64 Å². The minimum atomic E-state index is 0.483. The molecule has 1 fully saturated rings. The summed E-state index contributed by atoms with van der Waals surface area (Å²) in [5.74, 6) is 0.900. The first-order valence-electron chi connectivity index (χ1n) is 5.94. The van der Waals surface area contributed by atoms with Crippen molar-refractivity contribution in [3.8, 4) is 5.75 Å². The fourth-order valence-corrected chi connectivity index (χ4v) is 2.29. The van der Waals surface area contributed by atoms with Crippen molar-refractivity contribution in [2.75, 3.05) is 18.6 Å². The Hall–Kier alpha value is -1.67. The number of benzene rings is 2. The highest BCUT2D eigenvalue weighted by atomic mass is 35.5. The summed E-state index contributed by atoms with van der Waals surface area (Å²) in [6.45, 7) is 1.06. The van der Waals surface area contributed by atoms with Gasteiger partial charge in [0.1, 0.15) is 5.75 Å². The lowest BCUT2D eigenvalue weighted by Gasteiger charge is -2.06. The van der Waals surface area contributed by atoms with Gasteiger partial charge in [0, 0.05) is 17.3 Å². The molecule has 3 rings (SSSR count). The van der Waals surface area contributed by atoms with Crippen molar-refractivity contribution in [2.45, 2.75) is 6.04 Å². The first-order valence-corrected chi connectivity index (χ1v) is 6.32. The summed E-state index contributed by atoms with van der Waals surface area (Å²) in [5.41, 5.74) is 2.55. The normalized spacial score (nSPS) is 17.7. The Morgan fingerprint density at radius 1 is 1.06 bits per heavy atom. The molecule has 0 aromatic heterocycles. The van der Waals surface area contributed by atoms with Crippen LogP contribution < -0.4 is 9.64 Å². The van der Waals surface area contributed by atoms with Crippen molar-refractivity contribution in [2.24, 2.45) is 0 Å². The zero-order valence-electron chi connectivity index (χ0n) is 10.1. The summed E-state index contributed by atoms with van der Waals surface area (Å²) in [6, 6.07) is 16.7. The van der Waals surface area contributed by atoms with Gasteiger partial charge in [0.15, 0.2) is 0 Å². The topological polar surface area (TPSA) is 12.2 Å². The number of halogens is 1. The molecule has 92 valence electrons. The average Bonchev–Trinajstić information content (AvgIpc) is 3.20. The molecule has 1 heterocycles. The van der Waals surface area contributed by atoms with E-state index in [2.05, 4.69) is 29.2 Å². The molecule has 0 aliphatic carbocycles. The highest BCUT2D eigenvalue weighted by Gasteiger charge is 2.35. The fourth-order valence-electron chi connectivity index (χ4n) is 2.17. The van der Waals surface area contributed by atoms with Crippen LogP contribution in [0.25, 0.3) is 0 Å². The van der Waals surface area contributed by atoms with E-state index in [4.69, 9.17) is 16.3 Å². The lowest BCUT2D eigenvalue weighted by atomic mass is 10.1. The van der Waals surface area contributed by atoms with Crippen LogP contribution in [0.15, 0.2) is 48.5 Å². The van der Waals surface area contributed by atoms with E-state index in [1.54, 1.807) is 7.11 Å². The third kappa shape index (κ3) is 2.16. The predicted molar refractivity (Wildman–Crippen MR) is 74.5 cm³/mol. The van der Waals surface area contributed by atoms with Gasteiger partial charge in [0.2, 0.25) is 0 Å². The molecule has 1 saturated heterocycles. The molecule has 0 bridgehead atoms. The minimum absolute atomic E-state index is 0.483. The van der Waals surface area contributed by atoms with Crippen LogP contribution in [0.2, 0.25) is 5.02 Å². The van der Waals surface area contributed by atoms with Gasteiger partial charge in [-0.1, -0.05) is 23.7 Å². The molecule has 1 unspecified atom stereocenters. The second-order valence-electron chi connectivity index (χ2n) is 4.42. The third-order valence-corrected chi connectivity index (χ3v) is 3.52. The summed E-state index contributed by atoms with van der Waals surface area (Å²) in [6.07, 6.45) is 0. The number of hydrogen-bond donors (Lipinski definition) is 0. The average molecular weight is 260 g/mol. The van der Waals surface area contributed by atoms with Gasteiger partial charge in [-0.15, -0.1) is 0 Å². The maximum atomic E-state index is 5.89. The first-order chi connectivity index (χ1) is 8.78. The van der Waals surface area contributed by atoms with Gasteiger partial charge in [-0.3, -0.25) is 0 Å². The molecule has 18 heavy (non-hydrogen) atoms. The van der Waals surface area contributed by atoms with E-state index >= 15 is 0 Å². The lowest BCUT2D eigenvalue weighted by molar-refractivity contribution is 0.414. The second-order valence-corrected chi connectivity index (χ2v) is 4.85. The van der Waals surface area contributed by atoms with E-state index in [1.165, 1.54) is 11.3 Å². The molecule has 1 aliphatic rings. The van der Waals surface area contributed by atoms with Crippen molar-refractivity contribution < 1.29 is 4.74 Å². The number of ether oxygens (including phenoxy) is 1. The second kappa shape index (κ2) is 4.54. The van der Waals surface area contributed by atoms with E-state index in [0.717, 1.165) is 17.3 Å². The SMILES string of the molecule is COc1ccc(C2CN2c2ccc(Cl)cc2)cc1. The molecule has 0 amide bonds. The Morgan fingerprint density at radius 2 is 1.72 bits per heavy atom. The lowest BCUT2D eigenvalue weighted by Crippen LogP contribution is -1.94. The largest absolute Gasteiger partial charge is 0.497 e. The van der Waals surface area contributed by atoms with E-state index in [1.807, 2.05) is 24.3 Å². The van der Waals surface area contributed by atoms with Crippen molar-refractivity contribution in [1.29, 1.82) is 0 Å². The van der Waals surface area contributed by atoms with Crippen LogP contribution in [0.3, 0.4) is 0 Å². The van der Waals surface area contributed by atoms with Crippen LogP contribution in [-0.2, 0) is 0 Å². The molecule has 2 aromatic carbocycles. The van der Waals surface area contributed by atoms with Crippen molar-refractivity contribution in [3.05, 3.63) is 59.1 Å². The Labute approximate surface area is 112 Å². The Bertz CT molecular complexity index is 535. The van der Waals surface area contributed by atoms with Crippen molar-refractivity contribution in [3.63, 3.8) is 0 Å². The van der Waals surface area contributed by atoms with Gasteiger partial charge >= 0.3 is 0 Å². The number of hydrogen-bond acceptors (Lipinski definition) is 2. The Kier molecular flexibility index (Phi) is 2.88. The van der Waals surface area contributed by atoms with E-state index in [0.29, 0.717) is 6.04 Å². The smallest absolute Gasteiger partial charge is 0.118 e. The first kappa shape index (κ1) is 11.4. The van der Waals surface area contributed by atoms with Crippen molar-refractivity contribution in [1.82, 2.24) is 0 Å². The molecule has 3 heteroatoms. The highest BCUT2D eigenvalue weighted by molar-refractivity contribution is 6.30. The van der Waals surface area contributed by atoms with Crippen LogP contribution >= 0.6 is 11.6 Å². The summed E-state index contributed by atoms with van der Waals surface area (Å²) in [5, 5.41) is 0.779. The van der Waals surface area contributed by atoms with E-state index in [9.17, 15) is 0 Å². The standard InChI is InChI=1S/C15H14ClNO/c1-18-14-8-2-11(3-9-14)15-10-17(15)13-6-4-12(16)5-7-13/h2-9,15H,10H2,1H3. The third-order valence-electron chi connectivity index (χ3n) is 3.27. The Balaban J connectivity index is 1.74. The molecular formula is C15H14ClNO. The maximum absolute atomic E-state index is 5.89. The van der Waals surface area contributed by atoms with Gasteiger partial charge in [-0.2, -0.15) is 0 Å². The van der Waals surface area contributed by atoms with E-state index < -0.39 is 0 Å². The zero-order chi connectivity index (χ0) is 12.5. The van der Waals surface area contributed by atoms with Crippen LogP contribution in [0.4, 0.5) is 5.69 Å². The molecule has 2 aromatic rings. The summed E-state index contributed by atoms with van der Waals surface area (Å²) in [4.78, 5) is 2.35. The van der Waals surface area contributed by atoms with Crippen LogP contribution in [0.1, 0.15) is 11.6 Å². The number of anilines is 1. The molecule has 1 atom stereocenters. The van der Waals surface area contributed by atoms with Crippen molar-refractivity contribution >= 4 is 17.3 Å². The van der Waals surface area contributed by atoms with Crippen LogP contribution in [0, 0.1) is 0 Å². The molecular weight excluding hydrogens is 246 g/mol. The van der Waals surface area contributed by atoms with Crippen LogP contribution in [-0.4, -0.2) is 13.7 Å². The van der Waals surface area contributed by atoms with E-state index in [-0.39, 0.29) is 0 Å². The highest BCUT2D eigenvalue weighted by Crippen LogP contribution is 2.40. The number of rotatable bonds is 3. The molecule has 0 N–H and O–H groups in total. The van der Waals surface area contributed by atoms with Gasteiger partial charge in [-0.05, 0) is 42.0 Å². The predicted octanol–water partition coefficient (Wildman–Crippen LogP) is 3.91. The zero-order valence-corrected chi connectivity index (χ0v) is 10.9. The van der Waals surface area contributed by atoms with Crippen LogP contribution in [0.5, 0.6) is 5.75 Å². The van der Waals surface area contributed by atoms with Gasteiger partial charge in [0.25, 0.3) is 0 Å². The Morgan fingerprint density at radius 3 is 2.33 bits per heavy atom. The van der Waals surface area contributed by atoms with Gasteiger partial charge in [-0.25, -0.2) is 0 Å². The maximum Gasteiger partial charge on any atom is 0.118 e. The van der Waals surface area contributed by atoms with Gasteiger partial charge in [0.05, 0.1) is 13.2 Å². The molecule has 0 spiro atoms. The summed E-state index contributed by atoms with van der Waals surface area (Å²) >= 11 is 5.89. The summed E-state index contributed by atoms with van der Waals surface area (Å²) in [7, 11) is 1.69. The molecule has 1 aliphatic heterocycles.